The van der Waals surface area contributed by atoms with Crippen LogP contribution in [0.2, 0.25) is 0 Å². The quantitative estimate of drug-likeness (QED) is 0.746. The van der Waals surface area contributed by atoms with E-state index in [-0.39, 0.29) is 30.4 Å². The molecule has 0 aliphatic carbocycles. The number of rotatable bonds is 1. The molecule has 0 aromatic rings. The van der Waals surface area contributed by atoms with Crippen molar-refractivity contribution in [2.75, 3.05) is 0 Å². The highest BCUT2D eigenvalue weighted by atomic mass is 16.6. The van der Waals surface area contributed by atoms with Gasteiger partial charge in [-0.1, -0.05) is 0 Å². The number of nitrogens with two attached hydrogens (primary N) is 1. The Kier molecular flexibility index (Phi) is 3.82. The lowest BCUT2D eigenvalue weighted by Crippen LogP contribution is -2.56. The van der Waals surface area contributed by atoms with E-state index in [0.29, 0.717) is 0 Å². The van der Waals surface area contributed by atoms with Crippen LogP contribution in [0.5, 0.6) is 0 Å². The Morgan fingerprint density at radius 2 is 1.89 bits per heavy atom. The molecular weight excluding hydrogens is 232 g/mol. The van der Waals surface area contributed by atoms with Crippen LogP contribution in [0.3, 0.4) is 0 Å². The van der Waals surface area contributed by atoms with E-state index >= 15 is 0 Å². The molecule has 0 radical (unpaired) electrons. The summed E-state index contributed by atoms with van der Waals surface area (Å²) >= 11 is 0. The third kappa shape index (κ3) is 3.36. The molecule has 5 heteroatoms. The molecule has 3 N–H and O–H groups in total. The average molecular weight is 256 g/mol. The predicted molar refractivity (Wildman–Crippen MR) is 68.3 cm³/mol. The molecule has 2 aliphatic rings. The van der Waals surface area contributed by atoms with E-state index in [1.54, 1.807) is 0 Å². The largest absolute Gasteiger partial charge is 0.444 e. The van der Waals surface area contributed by atoms with E-state index in [0.717, 1.165) is 25.7 Å². The average Bonchev–Trinajstić information content (AvgIpc) is 2.24. The second-order valence-electron chi connectivity index (χ2n) is 6.28. The molecule has 0 aromatic heterocycles. The number of fused-ring (bicyclic) bond motifs is 2. The molecule has 4 atom stereocenters. The van der Waals surface area contributed by atoms with E-state index in [1.807, 2.05) is 20.8 Å². The number of hydrogen-bond acceptors (Lipinski definition) is 4. The fourth-order valence-corrected chi connectivity index (χ4v) is 2.67. The fourth-order valence-electron chi connectivity index (χ4n) is 2.67. The van der Waals surface area contributed by atoms with E-state index in [9.17, 15) is 4.79 Å². The lowest BCUT2D eigenvalue weighted by Gasteiger charge is -2.43. The van der Waals surface area contributed by atoms with E-state index in [1.165, 1.54) is 0 Å². The number of nitrogens with one attached hydrogen (secondary N) is 1. The van der Waals surface area contributed by atoms with Gasteiger partial charge in [-0.05, 0) is 46.5 Å². The van der Waals surface area contributed by atoms with Crippen LogP contribution < -0.4 is 11.1 Å². The summed E-state index contributed by atoms with van der Waals surface area (Å²) in [5.41, 5.74) is 5.52. The Balaban J connectivity index is 1.86. The molecule has 2 heterocycles. The number of amides is 1. The van der Waals surface area contributed by atoms with Gasteiger partial charge in [-0.2, -0.15) is 0 Å². The zero-order valence-corrected chi connectivity index (χ0v) is 11.4. The van der Waals surface area contributed by atoms with Crippen molar-refractivity contribution in [2.45, 2.75) is 76.3 Å². The Morgan fingerprint density at radius 1 is 1.22 bits per heavy atom. The summed E-state index contributed by atoms with van der Waals surface area (Å²) in [6.07, 6.45) is 3.63. The van der Waals surface area contributed by atoms with E-state index in [4.69, 9.17) is 15.2 Å². The van der Waals surface area contributed by atoms with Crippen LogP contribution in [0.1, 0.15) is 46.5 Å². The van der Waals surface area contributed by atoms with Crippen LogP contribution in [0, 0.1) is 0 Å². The first-order valence-corrected chi connectivity index (χ1v) is 6.76. The van der Waals surface area contributed by atoms with Crippen molar-refractivity contribution in [3.63, 3.8) is 0 Å². The van der Waals surface area contributed by atoms with Crippen LogP contribution in [0.25, 0.3) is 0 Å². The summed E-state index contributed by atoms with van der Waals surface area (Å²) in [5.74, 6) is 0. The first kappa shape index (κ1) is 13.6. The fraction of sp³-hybridized carbons (Fsp3) is 0.923. The Labute approximate surface area is 108 Å². The first-order chi connectivity index (χ1) is 8.35. The Hall–Kier alpha value is -0.810. The maximum atomic E-state index is 11.7. The lowest BCUT2D eigenvalue weighted by molar-refractivity contribution is -0.108. The summed E-state index contributed by atoms with van der Waals surface area (Å²) in [6.45, 7) is 5.58. The third-order valence-electron chi connectivity index (χ3n) is 3.52. The van der Waals surface area contributed by atoms with Gasteiger partial charge in [-0.3, -0.25) is 0 Å². The maximum absolute atomic E-state index is 11.7. The SMILES string of the molecule is CC(C)(C)OC(=O)NC1CCC2OC1CCC2N. The summed E-state index contributed by atoms with van der Waals surface area (Å²) in [7, 11) is 0. The standard InChI is InChI=1S/C13H24N2O3/c1-13(2,3)18-12(16)15-9-5-7-10-8(14)4-6-11(9)17-10/h8-11H,4-7,14H2,1-3H3,(H,15,16). The summed E-state index contributed by atoms with van der Waals surface area (Å²) in [4.78, 5) is 11.7. The molecular formula is C13H24N2O3. The summed E-state index contributed by atoms with van der Waals surface area (Å²) in [6, 6.07) is 0.215. The molecule has 2 bridgehead atoms. The highest BCUT2D eigenvalue weighted by Gasteiger charge is 2.39. The molecule has 104 valence electrons. The number of carbonyl (C=O) groups is 1. The van der Waals surface area contributed by atoms with Gasteiger partial charge in [0.05, 0.1) is 18.2 Å². The van der Waals surface area contributed by atoms with Gasteiger partial charge >= 0.3 is 6.09 Å². The van der Waals surface area contributed by atoms with Crippen molar-refractivity contribution >= 4 is 6.09 Å². The zero-order chi connectivity index (χ0) is 13.3. The molecule has 18 heavy (non-hydrogen) atoms. The van der Waals surface area contributed by atoms with Crippen molar-refractivity contribution in [1.29, 1.82) is 0 Å². The first-order valence-electron chi connectivity index (χ1n) is 6.76. The van der Waals surface area contributed by atoms with Crippen LogP contribution in [-0.4, -0.2) is 36.0 Å². The minimum absolute atomic E-state index is 0.0589. The van der Waals surface area contributed by atoms with E-state index < -0.39 is 5.60 Å². The van der Waals surface area contributed by atoms with E-state index in [2.05, 4.69) is 5.32 Å². The van der Waals surface area contributed by atoms with Gasteiger partial charge in [0, 0.05) is 6.04 Å². The highest BCUT2D eigenvalue weighted by Crippen LogP contribution is 2.30. The Bertz CT molecular complexity index is 314. The molecule has 2 rings (SSSR count). The minimum atomic E-state index is -0.461. The third-order valence-corrected chi connectivity index (χ3v) is 3.52. The number of carbonyl (C=O) groups excluding carboxylic acids is 1. The van der Waals surface area contributed by atoms with Gasteiger partial charge in [0.25, 0.3) is 0 Å². The summed E-state index contributed by atoms with van der Waals surface area (Å²) < 4.78 is 11.2. The predicted octanol–water partition coefficient (Wildman–Crippen LogP) is 1.55. The summed E-state index contributed by atoms with van der Waals surface area (Å²) in [5, 5.41) is 2.92. The molecule has 5 nitrogen and oxygen atoms in total. The van der Waals surface area contributed by atoms with Crippen molar-refractivity contribution in [3.8, 4) is 0 Å². The van der Waals surface area contributed by atoms with Gasteiger partial charge in [-0.15, -0.1) is 0 Å². The molecule has 2 fully saturated rings. The van der Waals surface area contributed by atoms with Crippen LogP contribution in [0.15, 0.2) is 0 Å². The number of alkyl carbamates (subject to hydrolysis) is 1. The number of hydrogen-bond donors (Lipinski definition) is 2. The van der Waals surface area contributed by atoms with Crippen molar-refractivity contribution in [2.24, 2.45) is 5.73 Å². The molecule has 4 unspecified atom stereocenters. The zero-order valence-electron chi connectivity index (χ0n) is 11.4. The number of ether oxygens (including phenoxy) is 2. The molecule has 0 spiro atoms. The molecule has 2 aliphatic heterocycles. The maximum Gasteiger partial charge on any atom is 0.407 e. The lowest BCUT2D eigenvalue weighted by atomic mass is 9.86. The van der Waals surface area contributed by atoms with Crippen molar-refractivity contribution in [1.82, 2.24) is 5.32 Å². The van der Waals surface area contributed by atoms with Gasteiger partial charge in [0.1, 0.15) is 5.60 Å². The molecule has 2 saturated heterocycles. The van der Waals surface area contributed by atoms with Gasteiger partial charge in [-0.25, -0.2) is 4.79 Å². The topological polar surface area (TPSA) is 73.6 Å². The molecule has 1 amide bonds. The van der Waals surface area contributed by atoms with Gasteiger partial charge in [0.15, 0.2) is 0 Å². The van der Waals surface area contributed by atoms with Crippen LogP contribution in [0.4, 0.5) is 4.79 Å². The minimum Gasteiger partial charge on any atom is -0.444 e. The normalized spacial score (nSPS) is 36.0. The van der Waals surface area contributed by atoms with Gasteiger partial charge in [0.2, 0.25) is 0 Å². The second-order valence-corrected chi connectivity index (χ2v) is 6.28. The van der Waals surface area contributed by atoms with Crippen LogP contribution in [-0.2, 0) is 9.47 Å². The van der Waals surface area contributed by atoms with Crippen LogP contribution >= 0.6 is 0 Å². The van der Waals surface area contributed by atoms with Gasteiger partial charge < -0.3 is 20.5 Å². The van der Waals surface area contributed by atoms with Crippen molar-refractivity contribution in [3.05, 3.63) is 0 Å². The smallest absolute Gasteiger partial charge is 0.407 e. The van der Waals surface area contributed by atoms with Crippen molar-refractivity contribution < 1.29 is 14.3 Å². The second kappa shape index (κ2) is 5.05. The molecule has 0 aromatic carbocycles. The Morgan fingerprint density at radius 3 is 2.56 bits per heavy atom. The molecule has 0 saturated carbocycles. The highest BCUT2D eigenvalue weighted by molar-refractivity contribution is 5.68. The monoisotopic (exact) mass is 256 g/mol.